The Morgan fingerprint density at radius 3 is 2.38 bits per heavy atom. The van der Waals surface area contributed by atoms with Crippen LogP contribution in [-0.4, -0.2) is 35.4 Å². The number of amides is 1. The van der Waals surface area contributed by atoms with Crippen molar-refractivity contribution < 1.29 is 18.7 Å². The summed E-state index contributed by atoms with van der Waals surface area (Å²) in [4.78, 5) is 29.5. The zero-order valence-corrected chi connectivity index (χ0v) is 13.4. The number of hydrogen-bond acceptors (Lipinski definition) is 4. The van der Waals surface area contributed by atoms with Gasteiger partial charge in [0.05, 0.1) is 20.0 Å². The Hall–Kier alpha value is -2.76. The van der Waals surface area contributed by atoms with Crippen LogP contribution in [0.1, 0.15) is 17.5 Å². The van der Waals surface area contributed by atoms with E-state index >= 15 is 0 Å². The minimum absolute atomic E-state index is 0.122. The normalized spacial score (nSPS) is 10.2. The van der Waals surface area contributed by atoms with Crippen LogP contribution in [0.3, 0.4) is 0 Å². The molecule has 0 saturated carbocycles. The third-order valence-corrected chi connectivity index (χ3v) is 3.56. The molecule has 0 bridgehead atoms. The van der Waals surface area contributed by atoms with Crippen LogP contribution in [-0.2, 0) is 27.3 Å². The average molecular weight is 330 g/mol. The van der Waals surface area contributed by atoms with Crippen molar-refractivity contribution in [1.82, 2.24) is 9.88 Å². The summed E-state index contributed by atoms with van der Waals surface area (Å²) in [5, 5.41) is 0. The average Bonchev–Trinajstić information content (AvgIpc) is 2.61. The molecule has 1 amide bonds. The van der Waals surface area contributed by atoms with Crippen LogP contribution < -0.4 is 0 Å². The predicted octanol–water partition coefficient (Wildman–Crippen LogP) is 2.36. The Morgan fingerprint density at radius 2 is 1.75 bits per heavy atom. The molecule has 2 aromatic rings. The fourth-order valence-electron chi connectivity index (χ4n) is 2.22. The molecule has 0 aliphatic rings. The topological polar surface area (TPSA) is 59.5 Å². The summed E-state index contributed by atoms with van der Waals surface area (Å²) in [5.41, 5.74) is 1.64. The van der Waals surface area contributed by atoms with E-state index in [0.717, 1.165) is 11.1 Å². The lowest BCUT2D eigenvalue weighted by Gasteiger charge is -2.22. The second-order valence-electron chi connectivity index (χ2n) is 5.30. The minimum Gasteiger partial charge on any atom is -0.469 e. The Bertz CT molecular complexity index is 674. The number of benzene rings is 1. The second kappa shape index (κ2) is 8.76. The Kier molecular flexibility index (Phi) is 6.42. The molecule has 0 saturated heterocycles. The van der Waals surface area contributed by atoms with Crippen LogP contribution in [0.15, 0.2) is 48.8 Å². The Labute approximate surface area is 140 Å². The third kappa shape index (κ3) is 5.46. The summed E-state index contributed by atoms with van der Waals surface area (Å²) in [5.74, 6) is -0.850. The highest BCUT2D eigenvalue weighted by Gasteiger charge is 2.16. The van der Waals surface area contributed by atoms with Gasteiger partial charge in [0.25, 0.3) is 0 Å². The monoisotopic (exact) mass is 330 g/mol. The molecule has 0 radical (unpaired) electrons. The van der Waals surface area contributed by atoms with E-state index < -0.39 is 0 Å². The number of ether oxygens (including phenoxy) is 1. The van der Waals surface area contributed by atoms with Crippen LogP contribution in [0.25, 0.3) is 0 Å². The van der Waals surface area contributed by atoms with Crippen molar-refractivity contribution in [3.63, 3.8) is 0 Å². The largest absolute Gasteiger partial charge is 0.469 e. The summed E-state index contributed by atoms with van der Waals surface area (Å²) in [6.45, 7) is 0.633. The van der Waals surface area contributed by atoms with Crippen molar-refractivity contribution in [3.8, 4) is 0 Å². The number of pyridine rings is 1. The lowest BCUT2D eigenvalue weighted by molar-refractivity contribution is -0.141. The van der Waals surface area contributed by atoms with Gasteiger partial charge >= 0.3 is 5.97 Å². The lowest BCUT2D eigenvalue weighted by Crippen LogP contribution is -2.34. The van der Waals surface area contributed by atoms with Gasteiger partial charge in [-0.05, 0) is 35.4 Å². The van der Waals surface area contributed by atoms with E-state index in [1.807, 2.05) is 12.1 Å². The highest BCUT2D eigenvalue weighted by Crippen LogP contribution is 2.10. The molecular weight excluding hydrogens is 311 g/mol. The van der Waals surface area contributed by atoms with Crippen LogP contribution in [0, 0.1) is 5.82 Å². The standard InChI is InChI=1S/C18H19FN2O3/c1-24-18(23)8-11-21(13-15-6-9-20-10-7-15)17(22)12-14-2-4-16(19)5-3-14/h2-7,9-10H,8,11-13H2,1H3. The predicted molar refractivity (Wildman–Crippen MR) is 86.4 cm³/mol. The fourth-order valence-corrected chi connectivity index (χ4v) is 2.22. The number of halogens is 1. The molecule has 2 rings (SSSR count). The van der Waals surface area contributed by atoms with Crippen molar-refractivity contribution in [2.45, 2.75) is 19.4 Å². The number of carbonyl (C=O) groups excluding carboxylic acids is 2. The van der Waals surface area contributed by atoms with Gasteiger partial charge in [0.2, 0.25) is 5.91 Å². The number of hydrogen-bond donors (Lipinski definition) is 0. The molecule has 0 spiro atoms. The summed E-state index contributed by atoms with van der Waals surface area (Å²) < 4.78 is 17.6. The molecule has 24 heavy (non-hydrogen) atoms. The fraction of sp³-hybridized carbons (Fsp3) is 0.278. The minimum atomic E-state index is -0.371. The molecule has 0 unspecified atom stereocenters. The van der Waals surface area contributed by atoms with Crippen molar-refractivity contribution >= 4 is 11.9 Å². The van der Waals surface area contributed by atoms with Crippen LogP contribution in [0.2, 0.25) is 0 Å². The maximum atomic E-state index is 13.0. The number of carbonyl (C=O) groups is 2. The highest BCUT2D eigenvalue weighted by molar-refractivity contribution is 5.79. The second-order valence-corrected chi connectivity index (χ2v) is 5.30. The Morgan fingerprint density at radius 1 is 1.08 bits per heavy atom. The van der Waals surface area contributed by atoms with Crippen molar-refractivity contribution in [1.29, 1.82) is 0 Å². The van der Waals surface area contributed by atoms with Gasteiger partial charge in [-0.25, -0.2) is 4.39 Å². The zero-order valence-electron chi connectivity index (χ0n) is 13.4. The third-order valence-electron chi connectivity index (χ3n) is 3.56. The van der Waals surface area contributed by atoms with Gasteiger partial charge in [0.1, 0.15) is 5.82 Å². The number of esters is 1. The van der Waals surface area contributed by atoms with E-state index in [2.05, 4.69) is 9.72 Å². The summed E-state index contributed by atoms with van der Waals surface area (Å²) in [7, 11) is 1.32. The number of aromatic nitrogens is 1. The van der Waals surface area contributed by atoms with Gasteiger partial charge in [-0.3, -0.25) is 14.6 Å². The van der Waals surface area contributed by atoms with Crippen molar-refractivity contribution in [2.75, 3.05) is 13.7 Å². The molecule has 0 aliphatic heterocycles. The number of methoxy groups -OCH3 is 1. The van der Waals surface area contributed by atoms with Gasteiger partial charge < -0.3 is 9.64 Å². The molecule has 126 valence electrons. The quantitative estimate of drug-likeness (QED) is 0.731. The van der Waals surface area contributed by atoms with Crippen molar-refractivity contribution in [3.05, 3.63) is 65.7 Å². The van der Waals surface area contributed by atoms with Gasteiger partial charge in [0.15, 0.2) is 0 Å². The first-order valence-corrected chi connectivity index (χ1v) is 7.56. The maximum Gasteiger partial charge on any atom is 0.307 e. The molecule has 1 heterocycles. The molecule has 0 aliphatic carbocycles. The summed E-state index contributed by atoms with van der Waals surface area (Å²) in [6, 6.07) is 9.44. The first-order valence-electron chi connectivity index (χ1n) is 7.56. The molecular formula is C18H19FN2O3. The van der Waals surface area contributed by atoms with E-state index in [1.165, 1.54) is 19.2 Å². The number of rotatable bonds is 7. The summed E-state index contributed by atoms with van der Waals surface area (Å²) in [6.07, 6.45) is 3.57. The van der Waals surface area contributed by atoms with E-state index in [9.17, 15) is 14.0 Å². The Balaban J connectivity index is 2.06. The lowest BCUT2D eigenvalue weighted by atomic mass is 10.1. The van der Waals surface area contributed by atoms with Gasteiger partial charge in [-0.1, -0.05) is 12.1 Å². The van der Waals surface area contributed by atoms with Crippen LogP contribution in [0.5, 0.6) is 0 Å². The van der Waals surface area contributed by atoms with Gasteiger partial charge in [0, 0.05) is 25.5 Å². The van der Waals surface area contributed by atoms with E-state index in [0.29, 0.717) is 6.54 Å². The number of nitrogens with zero attached hydrogens (tertiary/aromatic N) is 2. The highest BCUT2D eigenvalue weighted by atomic mass is 19.1. The zero-order chi connectivity index (χ0) is 17.4. The molecule has 5 nitrogen and oxygen atoms in total. The smallest absolute Gasteiger partial charge is 0.307 e. The van der Waals surface area contributed by atoms with Crippen LogP contribution in [0.4, 0.5) is 4.39 Å². The van der Waals surface area contributed by atoms with Gasteiger partial charge in [-0.2, -0.15) is 0 Å². The molecule has 0 N–H and O–H groups in total. The van der Waals surface area contributed by atoms with Crippen molar-refractivity contribution in [2.24, 2.45) is 0 Å². The van der Waals surface area contributed by atoms with E-state index in [-0.39, 0.29) is 37.1 Å². The SMILES string of the molecule is COC(=O)CCN(Cc1ccncc1)C(=O)Cc1ccc(F)cc1. The van der Waals surface area contributed by atoms with E-state index in [4.69, 9.17) is 0 Å². The molecule has 1 aromatic heterocycles. The molecule has 1 aromatic carbocycles. The van der Waals surface area contributed by atoms with Crippen LogP contribution >= 0.6 is 0 Å². The molecule has 6 heteroatoms. The molecule has 0 fully saturated rings. The first-order chi connectivity index (χ1) is 11.6. The first kappa shape index (κ1) is 17.6. The van der Waals surface area contributed by atoms with Gasteiger partial charge in [-0.15, -0.1) is 0 Å². The maximum absolute atomic E-state index is 13.0. The summed E-state index contributed by atoms with van der Waals surface area (Å²) >= 11 is 0. The molecule has 0 atom stereocenters. The van der Waals surface area contributed by atoms with E-state index in [1.54, 1.807) is 29.4 Å².